The molecule has 0 saturated carbocycles. The van der Waals surface area contributed by atoms with Crippen LogP contribution >= 0.6 is 0 Å². The molecule has 0 aliphatic heterocycles. The Morgan fingerprint density at radius 3 is 1.50 bits per heavy atom. The van der Waals surface area contributed by atoms with Crippen molar-refractivity contribution in [3.8, 4) is 11.5 Å². The number of benzene rings is 1. The summed E-state index contributed by atoms with van der Waals surface area (Å²) in [4.78, 5) is 20.9. The van der Waals surface area contributed by atoms with E-state index in [4.69, 9.17) is 9.47 Å². The number of hydrogen-bond donors (Lipinski definition) is 0. The summed E-state index contributed by atoms with van der Waals surface area (Å²) in [5, 5.41) is 0. The molecule has 0 saturated heterocycles. The lowest BCUT2D eigenvalue weighted by molar-refractivity contribution is 0.354. The van der Waals surface area contributed by atoms with Crippen LogP contribution in [-0.4, -0.2) is 26.8 Å². The van der Waals surface area contributed by atoms with Crippen LogP contribution < -0.4 is 9.47 Å². The van der Waals surface area contributed by atoms with Crippen molar-refractivity contribution in [2.24, 2.45) is 0 Å². The molecule has 72 valence electrons. The van der Waals surface area contributed by atoms with E-state index in [9.17, 15) is 9.59 Å². The summed E-state index contributed by atoms with van der Waals surface area (Å²) in [6.45, 7) is 0. The second kappa shape index (κ2) is 4.41. The molecule has 0 fully saturated rings. The first kappa shape index (κ1) is 10.2. The van der Waals surface area contributed by atoms with Gasteiger partial charge in [-0.15, -0.1) is 0 Å². The van der Waals surface area contributed by atoms with E-state index in [2.05, 4.69) is 0 Å². The van der Waals surface area contributed by atoms with Crippen LogP contribution in [0.2, 0.25) is 0 Å². The lowest BCUT2D eigenvalue weighted by Gasteiger charge is -2.08. The molecular weight excluding hydrogens is 184 g/mol. The van der Waals surface area contributed by atoms with E-state index in [0.29, 0.717) is 11.5 Å². The Hall–Kier alpha value is -1.84. The predicted molar refractivity (Wildman–Crippen MR) is 49.1 cm³/mol. The van der Waals surface area contributed by atoms with Gasteiger partial charge in [0.25, 0.3) is 0 Å². The summed E-state index contributed by atoms with van der Waals surface area (Å²) in [6, 6.07) is 2.76. The van der Waals surface area contributed by atoms with E-state index in [1.54, 1.807) is 12.6 Å². The zero-order valence-corrected chi connectivity index (χ0v) is 7.79. The molecule has 0 aromatic heterocycles. The highest BCUT2D eigenvalue weighted by molar-refractivity contribution is 5.92. The van der Waals surface area contributed by atoms with Gasteiger partial charge in [-0.05, 0) is 12.1 Å². The fourth-order valence-electron chi connectivity index (χ4n) is 1.05. The van der Waals surface area contributed by atoms with E-state index >= 15 is 0 Å². The highest BCUT2D eigenvalue weighted by Crippen LogP contribution is 2.29. The van der Waals surface area contributed by atoms with E-state index in [1.807, 2.05) is 0 Å². The van der Waals surface area contributed by atoms with Crippen LogP contribution in [0.15, 0.2) is 12.1 Å². The third kappa shape index (κ3) is 1.74. The molecule has 0 aliphatic carbocycles. The molecule has 0 spiro atoms. The lowest BCUT2D eigenvalue weighted by atomic mass is 10.1. The van der Waals surface area contributed by atoms with Gasteiger partial charge in [0.05, 0.1) is 14.2 Å². The van der Waals surface area contributed by atoms with Gasteiger partial charge < -0.3 is 9.47 Å². The SMILES string of the molecule is COc1cc([C]=O)c([C]=O)cc1OC. The molecule has 0 unspecified atom stereocenters. The van der Waals surface area contributed by atoms with Crippen LogP contribution in [0.5, 0.6) is 11.5 Å². The Kier molecular flexibility index (Phi) is 3.23. The van der Waals surface area contributed by atoms with Crippen molar-refractivity contribution in [2.45, 2.75) is 0 Å². The molecule has 1 aromatic carbocycles. The standard InChI is InChI=1S/C10H8O4/c1-13-9-3-7(5-11)8(6-12)4-10(9)14-2/h3-4H,1-2H3. The molecular formula is C10H8O4. The Labute approximate surface area is 81.4 Å². The highest BCUT2D eigenvalue weighted by atomic mass is 16.5. The molecule has 2 radical (unpaired) electrons. The first-order valence-electron chi connectivity index (χ1n) is 3.79. The van der Waals surface area contributed by atoms with Crippen molar-refractivity contribution < 1.29 is 19.1 Å². The second-order valence-corrected chi connectivity index (χ2v) is 2.46. The van der Waals surface area contributed by atoms with Crippen molar-refractivity contribution in [1.82, 2.24) is 0 Å². The van der Waals surface area contributed by atoms with Gasteiger partial charge in [0.2, 0.25) is 12.6 Å². The minimum Gasteiger partial charge on any atom is -0.493 e. The van der Waals surface area contributed by atoms with Crippen LogP contribution in [-0.2, 0) is 9.59 Å². The molecule has 4 heteroatoms. The van der Waals surface area contributed by atoms with Gasteiger partial charge >= 0.3 is 0 Å². The smallest absolute Gasteiger partial charge is 0.234 e. The lowest BCUT2D eigenvalue weighted by Crippen LogP contribution is -1.97. The van der Waals surface area contributed by atoms with Crippen LogP contribution in [0.25, 0.3) is 0 Å². The van der Waals surface area contributed by atoms with Gasteiger partial charge in [0.1, 0.15) is 0 Å². The van der Waals surface area contributed by atoms with E-state index < -0.39 is 0 Å². The summed E-state index contributed by atoms with van der Waals surface area (Å²) in [7, 11) is 2.88. The molecule has 4 nitrogen and oxygen atoms in total. The molecule has 14 heavy (non-hydrogen) atoms. The third-order valence-electron chi connectivity index (χ3n) is 1.74. The predicted octanol–water partition coefficient (Wildman–Crippen LogP) is 0.619. The van der Waals surface area contributed by atoms with Crippen LogP contribution in [0.4, 0.5) is 0 Å². The maximum atomic E-state index is 10.5. The van der Waals surface area contributed by atoms with Crippen molar-refractivity contribution in [3.63, 3.8) is 0 Å². The molecule has 0 bridgehead atoms. The topological polar surface area (TPSA) is 52.6 Å². The minimum absolute atomic E-state index is 0.109. The first-order valence-corrected chi connectivity index (χ1v) is 3.79. The molecule has 0 heterocycles. The molecule has 1 aromatic rings. The number of methoxy groups -OCH3 is 2. The van der Waals surface area contributed by atoms with Gasteiger partial charge in [-0.25, -0.2) is 0 Å². The molecule has 0 amide bonds. The summed E-state index contributed by atoms with van der Waals surface area (Å²) in [5.41, 5.74) is 0.218. The maximum Gasteiger partial charge on any atom is 0.234 e. The Bertz CT molecular complexity index is 322. The van der Waals surface area contributed by atoms with E-state index in [0.717, 1.165) is 0 Å². The summed E-state index contributed by atoms with van der Waals surface area (Å²) < 4.78 is 9.89. The zero-order chi connectivity index (χ0) is 10.6. The zero-order valence-electron chi connectivity index (χ0n) is 7.79. The van der Waals surface area contributed by atoms with Crippen LogP contribution in [0.3, 0.4) is 0 Å². The first-order chi connectivity index (χ1) is 6.76. The Balaban J connectivity index is 3.34. The van der Waals surface area contributed by atoms with Gasteiger partial charge in [-0.3, -0.25) is 9.59 Å². The van der Waals surface area contributed by atoms with Crippen molar-refractivity contribution in [2.75, 3.05) is 14.2 Å². The molecule has 0 N–H and O–H groups in total. The quantitative estimate of drug-likeness (QED) is 0.701. The summed E-state index contributed by atoms with van der Waals surface area (Å²) >= 11 is 0. The highest BCUT2D eigenvalue weighted by Gasteiger charge is 2.10. The molecule has 0 atom stereocenters. The van der Waals surface area contributed by atoms with Crippen molar-refractivity contribution >= 4 is 12.6 Å². The number of rotatable bonds is 4. The fourth-order valence-corrected chi connectivity index (χ4v) is 1.05. The maximum absolute atomic E-state index is 10.5. The van der Waals surface area contributed by atoms with Crippen LogP contribution in [0.1, 0.15) is 11.1 Å². The molecule has 0 aliphatic rings. The Morgan fingerprint density at radius 2 is 1.29 bits per heavy atom. The minimum atomic E-state index is 0.109. The average molecular weight is 192 g/mol. The summed E-state index contributed by atoms with van der Waals surface area (Å²) in [6.07, 6.45) is 3.25. The van der Waals surface area contributed by atoms with E-state index in [1.165, 1.54) is 26.4 Å². The fraction of sp³-hybridized carbons (Fsp3) is 0.200. The van der Waals surface area contributed by atoms with Gasteiger partial charge in [-0.2, -0.15) is 0 Å². The summed E-state index contributed by atoms with van der Waals surface area (Å²) in [5.74, 6) is 0.759. The Morgan fingerprint density at radius 1 is 0.929 bits per heavy atom. The normalized spacial score (nSPS) is 9.29. The van der Waals surface area contributed by atoms with Crippen LogP contribution in [0, 0.1) is 0 Å². The number of hydrogen-bond acceptors (Lipinski definition) is 4. The van der Waals surface area contributed by atoms with Crippen molar-refractivity contribution in [3.05, 3.63) is 23.3 Å². The van der Waals surface area contributed by atoms with Gasteiger partial charge in [-0.1, -0.05) is 0 Å². The van der Waals surface area contributed by atoms with E-state index in [-0.39, 0.29) is 11.1 Å². The van der Waals surface area contributed by atoms with Gasteiger partial charge in [0.15, 0.2) is 11.5 Å². The number of ether oxygens (including phenoxy) is 2. The van der Waals surface area contributed by atoms with Crippen molar-refractivity contribution in [1.29, 1.82) is 0 Å². The monoisotopic (exact) mass is 192 g/mol. The largest absolute Gasteiger partial charge is 0.493 e. The second-order valence-electron chi connectivity index (χ2n) is 2.46. The molecule has 1 rings (SSSR count). The average Bonchev–Trinajstić information content (AvgIpc) is 2.26. The van der Waals surface area contributed by atoms with Gasteiger partial charge in [0, 0.05) is 11.1 Å². The number of carbonyl (C=O) groups excluding carboxylic acids is 2. The third-order valence-corrected chi connectivity index (χ3v) is 1.74.